The van der Waals surface area contributed by atoms with Crippen LogP contribution in [0.15, 0.2) is 30.3 Å². The average molecular weight is 331 g/mol. The van der Waals surface area contributed by atoms with Crippen molar-refractivity contribution in [1.29, 1.82) is 0 Å². The van der Waals surface area contributed by atoms with Gasteiger partial charge in [-0.15, -0.1) is 0 Å². The molecule has 1 amide bonds. The number of carbonyl (C=O) groups is 2. The number of nitrogens with one attached hydrogen (secondary N) is 1. The maximum atomic E-state index is 12.4. The molecule has 1 N–H and O–H groups in total. The van der Waals surface area contributed by atoms with Crippen LogP contribution in [0, 0.1) is 5.41 Å². The molecule has 1 aliphatic rings. The molecule has 0 saturated heterocycles. The molecule has 2 rings (SSSR count). The van der Waals surface area contributed by atoms with E-state index < -0.39 is 5.41 Å². The number of amides is 1. The van der Waals surface area contributed by atoms with Gasteiger partial charge in [-0.1, -0.05) is 51.1 Å². The molecule has 0 aromatic heterocycles. The summed E-state index contributed by atoms with van der Waals surface area (Å²) in [5.41, 5.74) is 0.211. The van der Waals surface area contributed by atoms with Gasteiger partial charge < -0.3 is 10.1 Å². The van der Waals surface area contributed by atoms with Crippen LogP contribution in [0.1, 0.15) is 59.4 Å². The summed E-state index contributed by atoms with van der Waals surface area (Å²) in [6.07, 6.45) is 2.41. The molecule has 0 heterocycles. The maximum Gasteiger partial charge on any atom is 0.317 e. The minimum Gasteiger partial charge on any atom is -0.455 e. The van der Waals surface area contributed by atoms with Crippen molar-refractivity contribution >= 4 is 11.9 Å². The number of hydrogen-bond acceptors (Lipinski definition) is 3. The molecular weight excluding hydrogens is 302 g/mol. The highest BCUT2D eigenvalue weighted by Gasteiger charge is 2.52. The van der Waals surface area contributed by atoms with Gasteiger partial charge in [0, 0.05) is 5.54 Å². The summed E-state index contributed by atoms with van der Waals surface area (Å²) < 4.78 is 5.31. The lowest BCUT2D eigenvalue weighted by atomic mass is 9.82. The van der Waals surface area contributed by atoms with E-state index in [1.165, 1.54) is 0 Å². The third-order valence-electron chi connectivity index (χ3n) is 4.25. The standard InChI is InChI=1S/C20H29NO3/c1-18(2,3)14-19(4,5)21-16(22)13-24-17(23)20(11-12-20)15-9-7-6-8-10-15/h6-10H,11-14H2,1-5H3,(H,21,22). The van der Waals surface area contributed by atoms with Crippen molar-refractivity contribution in [2.45, 2.75) is 64.8 Å². The van der Waals surface area contributed by atoms with Crippen molar-refractivity contribution in [2.24, 2.45) is 5.41 Å². The van der Waals surface area contributed by atoms with Crippen molar-refractivity contribution in [3.05, 3.63) is 35.9 Å². The van der Waals surface area contributed by atoms with Crippen LogP contribution in [0.5, 0.6) is 0 Å². The SMILES string of the molecule is CC(C)(C)CC(C)(C)NC(=O)COC(=O)C1(c2ccccc2)CC1. The molecule has 24 heavy (non-hydrogen) atoms. The molecular formula is C20H29NO3. The van der Waals surface area contributed by atoms with E-state index in [4.69, 9.17) is 4.74 Å². The second-order valence-corrected chi connectivity index (χ2v) is 8.69. The van der Waals surface area contributed by atoms with Crippen molar-refractivity contribution < 1.29 is 14.3 Å². The van der Waals surface area contributed by atoms with E-state index in [0.29, 0.717) is 0 Å². The van der Waals surface area contributed by atoms with Crippen LogP contribution in [0.4, 0.5) is 0 Å². The highest BCUT2D eigenvalue weighted by Crippen LogP contribution is 2.49. The second-order valence-electron chi connectivity index (χ2n) is 8.69. The van der Waals surface area contributed by atoms with Gasteiger partial charge in [0.1, 0.15) is 0 Å². The summed E-state index contributed by atoms with van der Waals surface area (Å²) in [5, 5.41) is 2.96. The van der Waals surface area contributed by atoms with Crippen molar-refractivity contribution in [3.63, 3.8) is 0 Å². The molecule has 0 unspecified atom stereocenters. The molecule has 4 heteroatoms. The topological polar surface area (TPSA) is 55.4 Å². The van der Waals surface area contributed by atoms with Gasteiger partial charge in [0.05, 0.1) is 5.41 Å². The molecule has 0 aliphatic heterocycles. The third-order valence-corrected chi connectivity index (χ3v) is 4.25. The first-order valence-electron chi connectivity index (χ1n) is 8.58. The third kappa shape index (κ3) is 4.83. The first-order chi connectivity index (χ1) is 11.0. The summed E-state index contributed by atoms with van der Waals surface area (Å²) in [6, 6.07) is 9.66. The monoisotopic (exact) mass is 331 g/mol. The molecule has 0 atom stereocenters. The lowest BCUT2D eigenvalue weighted by Crippen LogP contribution is -2.47. The summed E-state index contributed by atoms with van der Waals surface area (Å²) in [4.78, 5) is 24.6. The highest BCUT2D eigenvalue weighted by atomic mass is 16.5. The molecule has 132 valence electrons. The Morgan fingerprint density at radius 2 is 1.67 bits per heavy atom. The fourth-order valence-electron chi connectivity index (χ4n) is 3.55. The molecule has 1 aromatic carbocycles. The molecule has 1 saturated carbocycles. The lowest BCUT2D eigenvalue weighted by Gasteiger charge is -2.33. The predicted octanol–water partition coefficient (Wildman–Crippen LogP) is 3.59. The first-order valence-corrected chi connectivity index (χ1v) is 8.58. The number of ether oxygens (including phenoxy) is 1. The number of hydrogen-bond donors (Lipinski definition) is 1. The smallest absolute Gasteiger partial charge is 0.317 e. The highest BCUT2D eigenvalue weighted by molar-refractivity contribution is 5.89. The number of carbonyl (C=O) groups excluding carboxylic acids is 2. The van der Waals surface area contributed by atoms with Crippen LogP contribution >= 0.6 is 0 Å². The van der Waals surface area contributed by atoms with Gasteiger partial charge in [-0.05, 0) is 44.1 Å². The van der Waals surface area contributed by atoms with Crippen molar-refractivity contribution in [3.8, 4) is 0 Å². The zero-order valence-electron chi connectivity index (χ0n) is 15.4. The molecule has 4 nitrogen and oxygen atoms in total. The van der Waals surface area contributed by atoms with E-state index in [2.05, 4.69) is 26.1 Å². The normalized spacial score (nSPS) is 16.4. The van der Waals surface area contributed by atoms with Gasteiger partial charge in [-0.3, -0.25) is 9.59 Å². The number of benzene rings is 1. The fraction of sp³-hybridized carbons (Fsp3) is 0.600. The second kappa shape index (κ2) is 6.58. The summed E-state index contributed by atoms with van der Waals surface area (Å²) in [5.74, 6) is -0.543. The Morgan fingerprint density at radius 3 is 2.17 bits per heavy atom. The van der Waals surface area contributed by atoms with E-state index in [1.807, 2.05) is 44.2 Å². The van der Waals surface area contributed by atoms with Crippen LogP contribution in [0.2, 0.25) is 0 Å². The van der Waals surface area contributed by atoms with E-state index in [1.54, 1.807) is 0 Å². The Hall–Kier alpha value is -1.84. The van der Waals surface area contributed by atoms with E-state index >= 15 is 0 Å². The maximum absolute atomic E-state index is 12.4. The van der Waals surface area contributed by atoms with Gasteiger partial charge in [-0.2, -0.15) is 0 Å². The Kier molecular flexibility index (Phi) is 5.07. The van der Waals surface area contributed by atoms with Gasteiger partial charge in [0.15, 0.2) is 6.61 Å². The van der Waals surface area contributed by atoms with Gasteiger partial charge in [0.25, 0.3) is 5.91 Å². The van der Waals surface area contributed by atoms with Gasteiger partial charge in [-0.25, -0.2) is 0 Å². The van der Waals surface area contributed by atoms with Gasteiger partial charge >= 0.3 is 5.97 Å². The molecule has 0 radical (unpaired) electrons. The lowest BCUT2D eigenvalue weighted by molar-refractivity contribution is -0.151. The van der Waals surface area contributed by atoms with Crippen molar-refractivity contribution in [1.82, 2.24) is 5.32 Å². The molecule has 0 bridgehead atoms. The van der Waals surface area contributed by atoms with Gasteiger partial charge in [0.2, 0.25) is 0 Å². The van der Waals surface area contributed by atoms with Crippen LogP contribution in [-0.2, 0) is 19.7 Å². The fourth-order valence-corrected chi connectivity index (χ4v) is 3.55. The molecule has 0 spiro atoms. The van der Waals surface area contributed by atoms with Crippen LogP contribution in [0.25, 0.3) is 0 Å². The largest absolute Gasteiger partial charge is 0.455 e. The zero-order valence-corrected chi connectivity index (χ0v) is 15.4. The molecule has 1 aromatic rings. The van der Waals surface area contributed by atoms with Crippen LogP contribution in [0.3, 0.4) is 0 Å². The Balaban J connectivity index is 1.87. The van der Waals surface area contributed by atoms with Crippen LogP contribution < -0.4 is 5.32 Å². The molecule has 1 aliphatic carbocycles. The van der Waals surface area contributed by atoms with Crippen molar-refractivity contribution in [2.75, 3.05) is 6.61 Å². The summed E-state index contributed by atoms with van der Waals surface area (Å²) in [6.45, 7) is 10.2. The Labute approximate surface area is 145 Å². The summed E-state index contributed by atoms with van der Waals surface area (Å²) in [7, 11) is 0. The summed E-state index contributed by atoms with van der Waals surface area (Å²) >= 11 is 0. The van der Waals surface area contributed by atoms with E-state index in [9.17, 15) is 9.59 Å². The minimum absolute atomic E-state index is 0.110. The van der Waals surface area contributed by atoms with Crippen LogP contribution in [-0.4, -0.2) is 24.0 Å². The zero-order chi connectivity index (χ0) is 18.0. The minimum atomic E-state index is -0.539. The Morgan fingerprint density at radius 1 is 1.08 bits per heavy atom. The number of rotatable bonds is 6. The quantitative estimate of drug-likeness (QED) is 0.811. The predicted molar refractivity (Wildman–Crippen MR) is 94.6 cm³/mol. The number of esters is 1. The van der Waals surface area contributed by atoms with E-state index in [0.717, 1.165) is 24.8 Å². The Bertz CT molecular complexity index is 595. The first kappa shape index (κ1) is 18.5. The van der Waals surface area contributed by atoms with E-state index in [-0.39, 0.29) is 29.4 Å². The molecule has 1 fully saturated rings. The average Bonchev–Trinajstić information content (AvgIpc) is 3.24.